The minimum atomic E-state index is 0.824. The zero-order valence-corrected chi connectivity index (χ0v) is 11.0. The molecule has 0 aliphatic heterocycles. The van der Waals surface area contributed by atoms with Crippen LogP contribution in [0.4, 0.5) is 5.13 Å². The fourth-order valence-electron chi connectivity index (χ4n) is 1.53. The SMILES string of the molecule is CCNCc1cnc(N(C)Cc2ccoc2)s1. The molecule has 0 atom stereocenters. The minimum Gasteiger partial charge on any atom is -0.472 e. The van der Waals surface area contributed by atoms with Crippen LogP contribution >= 0.6 is 11.3 Å². The quantitative estimate of drug-likeness (QED) is 0.856. The molecule has 1 N–H and O–H groups in total. The van der Waals surface area contributed by atoms with E-state index in [1.54, 1.807) is 23.9 Å². The lowest BCUT2D eigenvalue weighted by Crippen LogP contribution is -2.15. The Kier molecular flexibility index (Phi) is 4.17. The van der Waals surface area contributed by atoms with Crippen molar-refractivity contribution in [3.63, 3.8) is 0 Å². The standard InChI is InChI=1S/C12H17N3OS/c1-3-13-6-11-7-14-12(17-11)15(2)8-10-4-5-16-9-10/h4-5,7,9,13H,3,6,8H2,1-2H3. The van der Waals surface area contributed by atoms with Gasteiger partial charge in [0.15, 0.2) is 5.13 Å². The van der Waals surface area contributed by atoms with E-state index in [0.717, 1.165) is 30.3 Å². The van der Waals surface area contributed by atoms with Gasteiger partial charge in [0.25, 0.3) is 0 Å². The highest BCUT2D eigenvalue weighted by atomic mass is 32.1. The van der Waals surface area contributed by atoms with E-state index >= 15 is 0 Å². The molecule has 0 saturated carbocycles. The smallest absolute Gasteiger partial charge is 0.185 e. The topological polar surface area (TPSA) is 41.3 Å². The molecule has 92 valence electrons. The Bertz CT molecular complexity index is 438. The summed E-state index contributed by atoms with van der Waals surface area (Å²) in [6.07, 6.45) is 5.40. The van der Waals surface area contributed by atoms with Gasteiger partial charge in [0.1, 0.15) is 0 Å². The fourth-order valence-corrected chi connectivity index (χ4v) is 2.37. The number of hydrogen-bond acceptors (Lipinski definition) is 5. The summed E-state index contributed by atoms with van der Waals surface area (Å²) in [5.41, 5.74) is 1.16. The molecule has 0 unspecified atom stereocenters. The lowest BCUT2D eigenvalue weighted by Gasteiger charge is -2.13. The van der Waals surface area contributed by atoms with Crippen molar-refractivity contribution in [1.29, 1.82) is 0 Å². The highest BCUT2D eigenvalue weighted by molar-refractivity contribution is 7.15. The molecule has 4 nitrogen and oxygen atoms in total. The monoisotopic (exact) mass is 251 g/mol. The first-order valence-corrected chi connectivity index (χ1v) is 6.49. The van der Waals surface area contributed by atoms with Crippen molar-refractivity contribution in [2.45, 2.75) is 20.0 Å². The molecule has 0 aliphatic rings. The van der Waals surface area contributed by atoms with E-state index in [2.05, 4.69) is 22.1 Å². The highest BCUT2D eigenvalue weighted by Crippen LogP contribution is 2.22. The zero-order chi connectivity index (χ0) is 12.1. The third-order valence-electron chi connectivity index (χ3n) is 2.42. The first kappa shape index (κ1) is 12.1. The fraction of sp³-hybridized carbons (Fsp3) is 0.417. The molecule has 0 spiro atoms. The Hall–Kier alpha value is -1.33. The summed E-state index contributed by atoms with van der Waals surface area (Å²) in [7, 11) is 2.04. The highest BCUT2D eigenvalue weighted by Gasteiger charge is 2.07. The van der Waals surface area contributed by atoms with E-state index in [4.69, 9.17) is 4.42 Å². The van der Waals surface area contributed by atoms with Gasteiger partial charge in [0, 0.05) is 36.8 Å². The molecular weight excluding hydrogens is 234 g/mol. The molecular formula is C12H17N3OS. The number of thiazole rings is 1. The zero-order valence-electron chi connectivity index (χ0n) is 10.1. The first-order chi connectivity index (χ1) is 8.29. The maximum atomic E-state index is 5.06. The molecule has 0 fully saturated rings. The number of nitrogens with one attached hydrogen (secondary N) is 1. The summed E-state index contributed by atoms with van der Waals surface area (Å²) in [6.45, 7) is 4.81. The summed E-state index contributed by atoms with van der Waals surface area (Å²) in [6, 6.07) is 1.98. The normalized spacial score (nSPS) is 10.7. The third kappa shape index (κ3) is 3.31. The number of hydrogen-bond donors (Lipinski definition) is 1. The van der Waals surface area contributed by atoms with E-state index in [1.807, 2.05) is 19.3 Å². The number of nitrogens with zero attached hydrogens (tertiary/aromatic N) is 2. The molecule has 0 saturated heterocycles. The van der Waals surface area contributed by atoms with E-state index in [0.29, 0.717) is 0 Å². The van der Waals surface area contributed by atoms with Gasteiger partial charge >= 0.3 is 0 Å². The van der Waals surface area contributed by atoms with E-state index in [9.17, 15) is 0 Å². The van der Waals surface area contributed by atoms with Gasteiger partial charge in [-0.3, -0.25) is 0 Å². The van der Waals surface area contributed by atoms with Gasteiger partial charge in [0.05, 0.1) is 12.5 Å². The van der Waals surface area contributed by atoms with E-state index in [1.165, 1.54) is 4.88 Å². The Labute approximate surface area is 105 Å². The third-order valence-corrected chi connectivity index (χ3v) is 3.53. The van der Waals surface area contributed by atoms with Crippen LogP contribution in [0.15, 0.2) is 29.2 Å². The van der Waals surface area contributed by atoms with Crippen LogP contribution in [0.1, 0.15) is 17.4 Å². The van der Waals surface area contributed by atoms with Crippen LogP contribution in [0.2, 0.25) is 0 Å². The lowest BCUT2D eigenvalue weighted by atomic mass is 10.3. The second-order valence-electron chi connectivity index (χ2n) is 3.88. The molecule has 17 heavy (non-hydrogen) atoms. The summed E-state index contributed by atoms with van der Waals surface area (Å²) in [5, 5.41) is 4.34. The van der Waals surface area contributed by atoms with Crippen LogP contribution in [0.3, 0.4) is 0 Å². The van der Waals surface area contributed by atoms with Gasteiger partial charge in [0.2, 0.25) is 0 Å². The Morgan fingerprint density at radius 1 is 1.53 bits per heavy atom. The summed E-state index contributed by atoms with van der Waals surface area (Å²) in [4.78, 5) is 7.82. The second kappa shape index (κ2) is 5.84. The van der Waals surface area contributed by atoms with Gasteiger partial charge < -0.3 is 14.6 Å². The summed E-state index contributed by atoms with van der Waals surface area (Å²) in [5.74, 6) is 0. The van der Waals surface area contributed by atoms with Gasteiger partial charge in [-0.05, 0) is 12.6 Å². The Morgan fingerprint density at radius 2 is 2.41 bits per heavy atom. The van der Waals surface area contributed by atoms with Crippen LogP contribution in [0, 0.1) is 0 Å². The predicted molar refractivity (Wildman–Crippen MR) is 70.3 cm³/mol. The molecule has 0 amide bonds. The van der Waals surface area contributed by atoms with Crippen molar-refractivity contribution >= 4 is 16.5 Å². The molecule has 5 heteroatoms. The Balaban J connectivity index is 1.94. The van der Waals surface area contributed by atoms with Crippen molar-refractivity contribution in [2.24, 2.45) is 0 Å². The first-order valence-electron chi connectivity index (χ1n) is 5.67. The van der Waals surface area contributed by atoms with Crippen molar-refractivity contribution < 1.29 is 4.42 Å². The number of furan rings is 1. The Morgan fingerprint density at radius 3 is 3.12 bits per heavy atom. The predicted octanol–water partition coefficient (Wildman–Crippen LogP) is 2.48. The van der Waals surface area contributed by atoms with E-state index < -0.39 is 0 Å². The van der Waals surface area contributed by atoms with Crippen LogP contribution in [-0.2, 0) is 13.1 Å². The molecule has 2 aromatic heterocycles. The van der Waals surface area contributed by atoms with Crippen LogP contribution in [0.5, 0.6) is 0 Å². The largest absolute Gasteiger partial charge is 0.472 e. The lowest BCUT2D eigenvalue weighted by molar-refractivity contribution is 0.563. The van der Waals surface area contributed by atoms with Crippen LogP contribution in [0.25, 0.3) is 0 Å². The number of anilines is 1. The van der Waals surface area contributed by atoms with Gasteiger partial charge in [-0.1, -0.05) is 6.92 Å². The van der Waals surface area contributed by atoms with Crippen molar-refractivity contribution in [2.75, 3.05) is 18.5 Å². The van der Waals surface area contributed by atoms with Gasteiger partial charge in [-0.2, -0.15) is 0 Å². The molecule has 2 heterocycles. The molecule has 0 aromatic carbocycles. The summed E-state index contributed by atoms with van der Waals surface area (Å²) >= 11 is 1.72. The van der Waals surface area contributed by atoms with Crippen molar-refractivity contribution in [3.8, 4) is 0 Å². The molecule has 2 rings (SSSR count). The number of aromatic nitrogens is 1. The molecule has 0 radical (unpaired) electrons. The number of rotatable bonds is 6. The van der Waals surface area contributed by atoms with Crippen molar-refractivity contribution in [1.82, 2.24) is 10.3 Å². The molecule has 2 aromatic rings. The maximum Gasteiger partial charge on any atom is 0.185 e. The molecule has 0 aliphatic carbocycles. The van der Waals surface area contributed by atoms with Gasteiger partial charge in [-0.15, -0.1) is 11.3 Å². The van der Waals surface area contributed by atoms with Crippen LogP contribution < -0.4 is 10.2 Å². The summed E-state index contributed by atoms with van der Waals surface area (Å²) < 4.78 is 5.06. The molecule has 0 bridgehead atoms. The van der Waals surface area contributed by atoms with Crippen LogP contribution in [-0.4, -0.2) is 18.6 Å². The van der Waals surface area contributed by atoms with E-state index in [-0.39, 0.29) is 0 Å². The second-order valence-corrected chi connectivity index (χ2v) is 4.97. The average Bonchev–Trinajstić information content (AvgIpc) is 2.96. The minimum absolute atomic E-state index is 0.824. The average molecular weight is 251 g/mol. The maximum absolute atomic E-state index is 5.06. The van der Waals surface area contributed by atoms with Gasteiger partial charge in [-0.25, -0.2) is 4.98 Å². The van der Waals surface area contributed by atoms with Crippen molar-refractivity contribution in [3.05, 3.63) is 35.2 Å².